The predicted octanol–water partition coefficient (Wildman–Crippen LogP) is 3.18. The third-order valence-electron chi connectivity index (χ3n) is 3.64. The quantitative estimate of drug-likeness (QED) is 0.749. The molecule has 0 aromatic heterocycles. The minimum absolute atomic E-state index is 0.0927. The molecule has 132 valence electrons. The van der Waals surface area contributed by atoms with Gasteiger partial charge >= 0.3 is 5.97 Å². The second kappa shape index (κ2) is 9.47. The van der Waals surface area contributed by atoms with Crippen molar-refractivity contribution in [2.24, 2.45) is 0 Å². The maximum atomic E-state index is 11.8. The Morgan fingerprint density at radius 2 is 1.72 bits per heavy atom. The van der Waals surface area contributed by atoms with Gasteiger partial charge in [-0.15, -0.1) is 0 Å². The summed E-state index contributed by atoms with van der Waals surface area (Å²) in [6.07, 6.45) is 0.0927. The first-order valence-corrected chi connectivity index (χ1v) is 8.24. The summed E-state index contributed by atoms with van der Waals surface area (Å²) in [6.45, 7) is 3.79. The maximum Gasteiger partial charge on any atom is 0.309 e. The number of aryl methyl sites for hydroxylation is 1. The third kappa shape index (κ3) is 6.67. The van der Waals surface area contributed by atoms with Gasteiger partial charge in [0.25, 0.3) is 5.91 Å². The van der Waals surface area contributed by atoms with Crippen LogP contribution in [0.15, 0.2) is 54.6 Å². The number of esters is 1. The van der Waals surface area contributed by atoms with E-state index in [1.807, 2.05) is 68.4 Å². The number of rotatable bonds is 8. The van der Waals surface area contributed by atoms with Crippen LogP contribution in [0.5, 0.6) is 5.75 Å². The number of ether oxygens (including phenoxy) is 2. The number of amides is 1. The summed E-state index contributed by atoms with van der Waals surface area (Å²) in [6, 6.07) is 17.0. The Morgan fingerprint density at radius 1 is 1.04 bits per heavy atom. The molecule has 0 saturated carbocycles. The highest BCUT2D eigenvalue weighted by Gasteiger charge is 2.11. The van der Waals surface area contributed by atoms with Crippen molar-refractivity contribution in [1.29, 1.82) is 0 Å². The van der Waals surface area contributed by atoms with Crippen LogP contribution in [0.3, 0.4) is 0 Å². The molecule has 25 heavy (non-hydrogen) atoms. The molecule has 0 spiro atoms. The van der Waals surface area contributed by atoms with E-state index >= 15 is 0 Å². The van der Waals surface area contributed by atoms with Gasteiger partial charge in [0.2, 0.25) is 0 Å². The Kier molecular flexibility index (Phi) is 7.01. The number of nitrogens with one attached hydrogen (secondary N) is 1. The zero-order chi connectivity index (χ0) is 18.1. The normalized spacial score (nSPS) is 11.4. The first-order chi connectivity index (χ1) is 12.0. The van der Waals surface area contributed by atoms with E-state index in [1.54, 1.807) is 0 Å². The summed E-state index contributed by atoms with van der Waals surface area (Å²) >= 11 is 0. The van der Waals surface area contributed by atoms with Crippen molar-refractivity contribution in [1.82, 2.24) is 5.32 Å². The first-order valence-electron chi connectivity index (χ1n) is 8.24. The lowest BCUT2D eigenvalue weighted by Gasteiger charge is -2.14. The Labute approximate surface area is 148 Å². The van der Waals surface area contributed by atoms with Crippen LogP contribution in [0.2, 0.25) is 0 Å². The van der Waals surface area contributed by atoms with Crippen LogP contribution in [0.4, 0.5) is 0 Å². The molecule has 2 rings (SSSR count). The van der Waals surface area contributed by atoms with E-state index in [-0.39, 0.29) is 31.6 Å². The number of hydrogen-bond acceptors (Lipinski definition) is 4. The van der Waals surface area contributed by atoms with Crippen LogP contribution in [0.1, 0.15) is 30.5 Å². The van der Waals surface area contributed by atoms with Gasteiger partial charge in [-0.3, -0.25) is 9.59 Å². The third-order valence-corrected chi connectivity index (χ3v) is 3.64. The SMILES string of the molecule is Cc1ccc(OCCC(=O)OCC(=O)N[C@H](C)c2ccccc2)cc1. The molecule has 2 aromatic carbocycles. The molecule has 2 aromatic rings. The van der Waals surface area contributed by atoms with E-state index < -0.39 is 5.97 Å². The number of benzene rings is 2. The fourth-order valence-corrected chi connectivity index (χ4v) is 2.21. The molecule has 0 heterocycles. The van der Waals surface area contributed by atoms with Crippen LogP contribution >= 0.6 is 0 Å². The lowest BCUT2D eigenvalue weighted by Crippen LogP contribution is -2.31. The summed E-state index contributed by atoms with van der Waals surface area (Å²) in [5, 5.41) is 2.79. The van der Waals surface area contributed by atoms with Crippen LogP contribution in [0.25, 0.3) is 0 Å². The molecular formula is C20H23NO4. The Hall–Kier alpha value is -2.82. The van der Waals surface area contributed by atoms with E-state index in [2.05, 4.69) is 5.32 Å². The van der Waals surface area contributed by atoms with E-state index in [1.165, 1.54) is 0 Å². The molecule has 5 nitrogen and oxygen atoms in total. The Balaban J connectivity index is 1.64. The average molecular weight is 341 g/mol. The van der Waals surface area contributed by atoms with Gasteiger partial charge < -0.3 is 14.8 Å². The molecule has 1 N–H and O–H groups in total. The van der Waals surface area contributed by atoms with Gasteiger partial charge in [-0.05, 0) is 31.5 Å². The number of carbonyl (C=O) groups excluding carboxylic acids is 2. The van der Waals surface area contributed by atoms with Crippen LogP contribution in [-0.4, -0.2) is 25.1 Å². The van der Waals surface area contributed by atoms with Gasteiger partial charge in [-0.1, -0.05) is 48.0 Å². The maximum absolute atomic E-state index is 11.8. The molecular weight excluding hydrogens is 318 g/mol. The van der Waals surface area contributed by atoms with Crippen molar-refractivity contribution < 1.29 is 19.1 Å². The number of carbonyl (C=O) groups is 2. The van der Waals surface area contributed by atoms with E-state index in [4.69, 9.17) is 9.47 Å². The summed E-state index contributed by atoms with van der Waals surface area (Å²) in [4.78, 5) is 23.5. The molecule has 0 saturated heterocycles. The topological polar surface area (TPSA) is 64.6 Å². The Bertz CT molecular complexity index is 683. The van der Waals surface area contributed by atoms with Crippen molar-refractivity contribution in [2.75, 3.05) is 13.2 Å². The van der Waals surface area contributed by atoms with Crippen molar-refractivity contribution in [2.45, 2.75) is 26.3 Å². The smallest absolute Gasteiger partial charge is 0.309 e. The summed E-state index contributed by atoms with van der Waals surface area (Å²) in [7, 11) is 0. The Morgan fingerprint density at radius 3 is 2.40 bits per heavy atom. The molecule has 1 atom stereocenters. The molecule has 0 radical (unpaired) electrons. The lowest BCUT2D eigenvalue weighted by atomic mass is 10.1. The molecule has 0 aliphatic rings. The van der Waals surface area contributed by atoms with Crippen molar-refractivity contribution in [3.05, 3.63) is 65.7 Å². The summed E-state index contributed by atoms with van der Waals surface area (Å²) in [5.74, 6) is -0.0911. The van der Waals surface area contributed by atoms with Crippen LogP contribution in [0, 0.1) is 6.92 Å². The van der Waals surface area contributed by atoms with Gasteiger partial charge in [0, 0.05) is 0 Å². The van der Waals surface area contributed by atoms with Gasteiger partial charge in [-0.25, -0.2) is 0 Å². The highest BCUT2D eigenvalue weighted by atomic mass is 16.5. The highest BCUT2D eigenvalue weighted by Crippen LogP contribution is 2.12. The average Bonchev–Trinajstić information content (AvgIpc) is 2.62. The summed E-state index contributed by atoms with van der Waals surface area (Å²) < 4.78 is 10.4. The minimum Gasteiger partial charge on any atom is -0.493 e. The molecule has 0 bridgehead atoms. The summed E-state index contributed by atoms with van der Waals surface area (Å²) in [5.41, 5.74) is 2.14. The largest absolute Gasteiger partial charge is 0.493 e. The van der Waals surface area contributed by atoms with Crippen LogP contribution < -0.4 is 10.1 Å². The van der Waals surface area contributed by atoms with Gasteiger partial charge in [-0.2, -0.15) is 0 Å². The number of hydrogen-bond donors (Lipinski definition) is 1. The van der Waals surface area contributed by atoms with Crippen molar-refractivity contribution in [3.63, 3.8) is 0 Å². The predicted molar refractivity (Wildman–Crippen MR) is 95.2 cm³/mol. The van der Waals surface area contributed by atoms with Gasteiger partial charge in [0.15, 0.2) is 6.61 Å². The van der Waals surface area contributed by atoms with Crippen molar-refractivity contribution >= 4 is 11.9 Å². The molecule has 0 aliphatic carbocycles. The molecule has 5 heteroatoms. The fourth-order valence-electron chi connectivity index (χ4n) is 2.21. The second-order valence-corrected chi connectivity index (χ2v) is 5.77. The second-order valence-electron chi connectivity index (χ2n) is 5.77. The highest BCUT2D eigenvalue weighted by molar-refractivity contribution is 5.80. The van der Waals surface area contributed by atoms with E-state index in [9.17, 15) is 9.59 Å². The van der Waals surface area contributed by atoms with Gasteiger partial charge in [0.1, 0.15) is 5.75 Å². The van der Waals surface area contributed by atoms with Crippen molar-refractivity contribution in [3.8, 4) is 5.75 Å². The lowest BCUT2D eigenvalue weighted by molar-refractivity contribution is -0.149. The first kappa shape index (κ1) is 18.5. The standard InChI is InChI=1S/C20H23NO4/c1-15-8-10-18(11-9-15)24-13-12-20(23)25-14-19(22)21-16(2)17-6-4-3-5-7-17/h3-11,16H,12-14H2,1-2H3,(H,21,22)/t16-/m1/s1. The molecule has 0 unspecified atom stereocenters. The van der Waals surface area contributed by atoms with Crippen LogP contribution in [-0.2, 0) is 14.3 Å². The van der Waals surface area contributed by atoms with E-state index in [0.29, 0.717) is 5.75 Å². The monoisotopic (exact) mass is 341 g/mol. The minimum atomic E-state index is -0.463. The molecule has 0 fully saturated rings. The molecule has 1 amide bonds. The zero-order valence-corrected chi connectivity index (χ0v) is 14.5. The zero-order valence-electron chi connectivity index (χ0n) is 14.5. The molecule has 0 aliphatic heterocycles. The fraction of sp³-hybridized carbons (Fsp3) is 0.300. The van der Waals surface area contributed by atoms with E-state index in [0.717, 1.165) is 11.1 Å². The van der Waals surface area contributed by atoms with Gasteiger partial charge in [0.05, 0.1) is 19.1 Å².